The maximum Gasteiger partial charge on any atom is 0.253 e. The van der Waals surface area contributed by atoms with Gasteiger partial charge in [-0.2, -0.15) is 0 Å². The summed E-state index contributed by atoms with van der Waals surface area (Å²) in [5, 5.41) is 11.0. The van der Waals surface area contributed by atoms with Crippen LogP contribution in [-0.2, 0) is 19.1 Å². The summed E-state index contributed by atoms with van der Waals surface area (Å²) in [7, 11) is 0. The molecule has 222 valence electrons. The first kappa shape index (κ1) is 29.8. The van der Waals surface area contributed by atoms with E-state index in [1.54, 1.807) is 20.8 Å². The molecule has 1 N–H and O–H groups in total. The van der Waals surface area contributed by atoms with Crippen LogP contribution < -0.4 is 4.90 Å². The number of likely N-dealkylation sites (tertiary alicyclic amines) is 1. The van der Waals surface area contributed by atoms with Gasteiger partial charge < -0.3 is 24.5 Å². The second kappa shape index (κ2) is 11.2. The van der Waals surface area contributed by atoms with Crippen molar-refractivity contribution in [1.29, 1.82) is 0 Å². The van der Waals surface area contributed by atoms with Gasteiger partial charge >= 0.3 is 0 Å². The van der Waals surface area contributed by atoms with Crippen LogP contribution >= 0.6 is 11.6 Å². The Morgan fingerprint density at radius 2 is 1.78 bits per heavy atom. The molecular weight excluding hydrogens is 542 g/mol. The molecule has 0 radical (unpaired) electrons. The maximum atomic E-state index is 14.8. The van der Waals surface area contributed by atoms with Crippen molar-refractivity contribution in [2.24, 2.45) is 17.8 Å². The molecule has 6 atom stereocenters. The van der Waals surface area contributed by atoms with Gasteiger partial charge in [0.25, 0.3) is 5.91 Å². The number of ether oxygens (including phenoxy) is 1. The first-order chi connectivity index (χ1) is 19.6. The Balaban J connectivity index is 1.71. The number of benzene rings is 1. The number of amides is 3. The van der Waals surface area contributed by atoms with Crippen LogP contribution in [0.25, 0.3) is 0 Å². The topological polar surface area (TPSA) is 90.4 Å². The van der Waals surface area contributed by atoms with Crippen LogP contribution in [-0.4, -0.2) is 82.2 Å². The highest BCUT2D eigenvalue weighted by molar-refractivity contribution is 6.34. The number of hydrogen-bond acceptors (Lipinski definition) is 5. The summed E-state index contributed by atoms with van der Waals surface area (Å²) in [6, 6.07) is 3.81. The number of aliphatic hydroxyl groups is 1. The number of rotatable bonds is 8. The van der Waals surface area contributed by atoms with Crippen LogP contribution in [0.3, 0.4) is 0 Å². The third kappa shape index (κ3) is 4.54. The lowest BCUT2D eigenvalue weighted by Crippen LogP contribution is -2.59. The van der Waals surface area contributed by atoms with Gasteiger partial charge in [0, 0.05) is 19.6 Å². The van der Waals surface area contributed by atoms with Gasteiger partial charge in [-0.3, -0.25) is 14.4 Å². The fourth-order valence-electron chi connectivity index (χ4n) is 7.60. The van der Waals surface area contributed by atoms with E-state index in [1.165, 1.54) is 0 Å². The summed E-state index contributed by atoms with van der Waals surface area (Å²) in [5.41, 5.74) is -0.988. The highest BCUT2D eigenvalue weighted by atomic mass is 35.5. The second-order valence-electron chi connectivity index (χ2n) is 12.3. The zero-order valence-corrected chi connectivity index (χ0v) is 25.4. The molecule has 1 aromatic rings. The normalized spacial score (nSPS) is 31.9. The molecule has 9 heteroatoms. The van der Waals surface area contributed by atoms with E-state index >= 15 is 0 Å². The molecule has 0 aromatic heterocycles. The van der Waals surface area contributed by atoms with Crippen molar-refractivity contribution in [1.82, 2.24) is 9.80 Å². The number of para-hydroxylation sites is 1. The Kier molecular flexibility index (Phi) is 8.14. The van der Waals surface area contributed by atoms with Gasteiger partial charge in [-0.15, -0.1) is 0 Å². The van der Waals surface area contributed by atoms with Crippen molar-refractivity contribution in [2.75, 3.05) is 31.1 Å². The number of hydrogen-bond donors (Lipinski definition) is 1. The average molecular weight is 584 g/mol. The summed E-state index contributed by atoms with van der Waals surface area (Å²) in [4.78, 5) is 48.7. The highest BCUT2D eigenvalue weighted by Crippen LogP contribution is 2.59. The minimum absolute atomic E-state index is 0.122. The van der Waals surface area contributed by atoms with E-state index in [0.717, 1.165) is 12.0 Å². The molecule has 41 heavy (non-hydrogen) atoms. The number of fused-ring (bicyclic) bond motifs is 2. The number of carbonyl (C=O) groups is 3. The van der Waals surface area contributed by atoms with Crippen LogP contribution in [0.2, 0.25) is 5.02 Å². The molecule has 2 fully saturated rings. The summed E-state index contributed by atoms with van der Waals surface area (Å²) < 4.78 is 7.04. The van der Waals surface area contributed by atoms with Crippen LogP contribution in [0.15, 0.2) is 42.5 Å². The monoisotopic (exact) mass is 583 g/mol. The van der Waals surface area contributed by atoms with Gasteiger partial charge in [0.15, 0.2) is 0 Å². The van der Waals surface area contributed by atoms with Crippen molar-refractivity contribution in [3.63, 3.8) is 0 Å². The Bertz CT molecular complexity index is 1260. The molecule has 8 nitrogen and oxygen atoms in total. The lowest BCUT2D eigenvalue weighted by molar-refractivity contribution is -0.153. The lowest BCUT2D eigenvalue weighted by atomic mass is 9.73. The molecular formula is C32H42ClN3O5. The number of carbonyl (C=O) groups excluding carboxylic acids is 3. The molecule has 4 aliphatic rings. The van der Waals surface area contributed by atoms with Crippen molar-refractivity contribution < 1.29 is 24.2 Å². The van der Waals surface area contributed by atoms with E-state index < -0.39 is 35.1 Å². The maximum absolute atomic E-state index is 14.8. The third-order valence-electron chi connectivity index (χ3n) is 9.26. The predicted octanol–water partition coefficient (Wildman–Crippen LogP) is 4.13. The Labute approximate surface area is 247 Å². The minimum atomic E-state index is -1.38. The molecule has 0 aliphatic carbocycles. The molecule has 2 saturated heterocycles. The molecule has 1 spiro atoms. The van der Waals surface area contributed by atoms with E-state index in [4.69, 9.17) is 16.3 Å². The lowest BCUT2D eigenvalue weighted by Gasteiger charge is -2.41. The standard InChI is InChI=1S/C32H42ClN3O5/c1-6-15-34-16-9-13-31(7-2)24(28(34)38)25-29(39)36(22(19-37)18-20(3)4)27-30(40)35(17-10-14-32(25,27)41-31)26-21(5)11-8-12-23(26)33/h8-14,20,22,24-25,27,37H,6-7,15-19H2,1-5H3/t22-,24-,25+,27?,31+,32+/m1/s1. The first-order valence-electron chi connectivity index (χ1n) is 14.9. The van der Waals surface area contributed by atoms with E-state index in [2.05, 4.69) is 0 Å². The molecule has 0 bridgehead atoms. The number of halogens is 1. The zero-order chi connectivity index (χ0) is 29.7. The van der Waals surface area contributed by atoms with Gasteiger partial charge in [-0.25, -0.2) is 0 Å². The number of aryl methyl sites for hydroxylation is 1. The van der Waals surface area contributed by atoms with Gasteiger partial charge in [0.2, 0.25) is 11.8 Å². The van der Waals surface area contributed by atoms with E-state index in [-0.39, 0.29) is 36.8 Å². The molecule has 0 saturated carbocycles. The average Bonchev–Trinajstić information content (AvgIpc) is 3.23. The molecule has 4 heterocycles. The quantitative estimate of drug-likeness (QED) is 0.465. The number of anilines is 1. The second-order valence-corrected chi connectivity index (χ2v) is 12.7. The summed E-state index contributed by atoms with van der Waals surface area (Å²) in [6.07, 6.45) is 9.40. The van der Waals surface area contributed by atoms with Gasteiger partial charge in [-0.1, -0.05) is 75.7 Å². The van der Waals surface area contributed by atoms with Crippen LogP contribution in [0.1, 0.15) is 52.5 Å². The summed E-state index contributed by atoms with van der Waals surface area (Å²) >= 11 is 6.66. The summed E-state index contributed by atoms with van der Waals surface area (Å²) in [6.45, 7) is 10.9. The predicted molar refractivity (Wildman–Crippen MR) is 158 cm³/mol. The molecule has 3 amide bonds. The van der Waals surface area contributed by atoms with E-state index in [1.807, 2.05) is 71.1 Å². The summed E-state index contributed by atoms with van der Waals surface area (Å²) in [5.74, 6) is -2.30. The van der Waals surface area contributed by atoms with Crippen LogP contribution in [0.4, 0.5) is 5.69 Å². The number of nitrogens with zero attached hydrogens (tertiary/aromatic N) is 3. The highest BCUT2D eigenvalue weighted by Gasteiger charge is 2.76. The fourth-order valence-corrected chi connectivity index (χ4v) is 7.92. The largest absolute Gasteiger partial charge is 0.394 e. The SMILES string of the molecule is CCCN1CC=C[C@]2(CC)O[C@]34C=CCN(c5c(C)cccc5Cl)C(=O)C3N([C@@H](CO)CC(C)C)C(=O)[C@@H]4[C@@H]2C1=O. The zero-order valence-electron chi connectivity index (χ0n) is 24.7. The van der Waals surface area contributed by atoms with Crippen molar-refractivity contribution >= 4 is 35.0 Å². The van der Waals surface area contributed by atoms with Gasteiger partial charge in [-0.05, 0) is 43.7 Å². The van der Waals surface area contributed by atoms with Crippen molar-refractivity contribution in [2.45, 2.75) is 77.2 Å². The van der Waals surface area contributed by atoms with E-state index in [9.17, 15) is 19.5 Å². The molecule has 1 aromatic carbocycles. The Morgan fingerprint density at radius 3 is 2.41 bits per heavy atom. The molecule has 4 aliphatic heterocycles. The molecule has 5 rings (SSSR count). The van der Waals surface area contributed by atoms with E-state index in [0.29, 0.717) is 36.6 Å². The smallest absolute Gasteiger partial charge is 0.253 e. The van der Waals surface area contributed by atoms with Crippen molar-refractivity contribution in [3.05, 3.63) is 53.1 Å². The van der Waals surface area contributed by atoms with Gasteiger partial charge in [0.05, 0.1) is 40.8 Å². The molecule has 1 unspecified atom stereocenters. The fraction of sp³-hybridized carbons (Fsp3) is 0.594. The van der Waals surface area contributed by atoms with Gasteiger partial charge in [0.1, 0.15) is 11.6 Å². The van der Waals surface area contributed by atoms with Crippen LogP contribution in [0.5, 0.6) is 0 Å². The Hall–Kier alpha value is -2.68. The number of aliphatic hydroxyl groups excluding tert-OH is 1. The Morgan fingerprint density at radius 1 is 1.05 bits per heavy atom. The minimum Gasteiger partial charge on any atom is -0.394 e. The van der Waals surface area contributed by atoms with Crippen LogP contribution in [0, 0.1) is 24.7 Å². The first-order valence-corrected chi connectivity index (χ1v) is 15.3. The van der Waals surface area contributed by atoms with Crippen molar-refractivity contribution in [3.8, 4) is 0 Å². The third-order valence-corrected chi connectivity index (χ3v) is 9.57.